The van der Waals surface area contributed by atoms with Gasteiger partial charge in [-0.3, -0.25) is 4.79 Å². The first kappa shape index (κ1) is 14.4. The van der Waals surface area contributed by atoms with Gasteiger partial charge in [0, 0.05) is 19.0 Å². The van der Waals surface area contributed by atoms with Crippen LogP contribution >= 0.6 is 0 Å². The molecule has 1 aliphatic heterocycles. The van der Waals surface area contributed by atoms with Gasteiger partial charge < -0.3 is 16.0 Å². The van der Waals surface area contributed by atoms with Crippen LogP contribution in [0, 0.1) is 5.41 Å². The van der Waals surface area contributed by atoms with E-state index in [0.717, 1.165) is 0 Å². The van der Waals surface area contributed by atoms with E-state index in [0.29, 0.717) is 19.0 Å². The summed E-state index contributed by atoms with van der Waals surface area (Å²) in [5, 5.41) is 2.35. The molecular formula is C15H21N3O2. The molecule has 5 heteroatoms. The van der Waals surface area contributed by atoms with Crippen molar-refractivity contribution in [1.82, 2.24) is 10.2 Å². The van der Waals surface area contributed by atoms with Gasteiger partial charge in [-0.2, -0.15) is 0 Å². The van der Waals surface area contributed by atoms with Gasteiger partial charge in [0.2, 0.25) is 5.91 Å². The average Bonchev–Trinajstić information content (AvgIpc) is 2.73. The van der Waals surface area contributed by atoms with E-state index in [1.807, 2.05) is 18.2 Å². The molecule has 20 heavy (non-hydrogen) atoms. The zero-order valence-corrected chi connectivity index (χ0v) is 11.9. The summed E-state index contributed by atoms with van der Waals surface area (Å²) < 4.78 is 0. The highest BCUT2D eigenvalue weighted by Crippen LogP contribution is 2.42. The molecule has 1 aliphatic rings. The molecule has 0 aromatic heterocycles. The Bertz CT molecular complexity index is 499. The second-order valence-electron chi connectivity index (χ2n) is 5.94. The minimum absolute atomic E-state index is 0.0176. The molecule has 1 saturated heterocycles. The third kappa shape index (κ3) is 3.10. The smallest absolute Gasteiger partial charge is 0.312 e. The number of urea groups is 1. The Kier molecular flexibility index (Phi) is 3.97. The number of hydrogen-bond acceptors (Lipinski definition) is 2. The molecule has 0 bridgehead atoms. The van der Waals surface area contributed by atoms with Crippen molar-refractivity contribution in [1.29, 1.82) is 0 Å². The SMILES string of the molecule is CC1(C)CN(C(=O)CNC(N)=O)C[C@H]1c1ccccc1. The van der Waals surface area contributed by atoms with E-state index in [1.54, 1.807) is 4.90 Å². The normalized spacial score (nSPS) is 20.7. The van der Waals surface area contributed by atoms with E-state index in [4.69, 9.17) is 5.73 Å². The fourth-order valence-electron chi connectivity index (χ4n) is 2.84. The number of rotatable bonds is 3. The van der Waals surface area contributed by atoms with Gasteiger partial charge in [-0.1, -0.05) is 44.2 Å². The molecule has 1 aromatic rings. The maximum atomic E-state index is 12.1. The van der Waals surface area contributed by atoms with E-state index in [1.165, 1.54) is 5.56 Å². The van der Waals surface area contributed by atoms with Crippen LogP contribution in [0.1, 0.15) is 25.3 Å². The maximum absolute atomic E-state index is 12.1. The molecule has 1 atom stereocenters. The molecule has 1 heterocycles. The molecule has 0 radical (unpaired) electrons. The van der Waals surface area contributed by atoms with Gasteiger partial charge in [0.15, 0.2) is 0 Å². The number of carbonyl (C=O) groups is 2. The standard InChI is InChI=1S/C15H21N3O2/c1-15(2)10-18(13(19)8-17-14(16)20)9-12(15)11-6-4-3-5-7-11/h3-7,12H,8-10H2,1-2H3,(H3,16,17,20)/t12-/m0/s1. The number of nitrogens with two attached hydrogens (primary N) is 1. The molecule has 3 amide bonds. The zero-order valence-electron chi connectivity index (χ0n) is 11.9. The number of likely N-dealkylation sites (tertiary alicyclic amines) is 1. The van der Waals surface area contributed by atoms with E-state index < -0.39 is 6.03 Å². The Labute approximate surface area is 119 Å². The van der Waals surface area contributed by atoms with Gasteiger partial charge in [0.05, 0.1) is 6.54 Å². The number of benzene rings is 1. The second-order valence-corrected chi connectivity index (χ2v) is 5.94. The average molecular weight is 275 g/mol. The first-order valence-corrected chi connectivity index (χ1v) is 6.76. The lowest BCUT2D eigenvalue weighted by atomic mass is 9.78. The van der Waals surface area contributed by atoms with Crippen LogP contribution in [0.2, 0.25) is 0 Å². The van der Waals surface area contributed by atoms with Gasteiger partial charge in [-0.25, -0.2) is 4.79 Å². The van der Waals surface area contributed by atoms with Gasteiger partial charge in [-0.05, 0) is 11.0 Å². The van der Waals surface area contributed by atoms with Crippen molar-refractivity contribution in [2.75, 3.05) is 19.6 Å². The summed E-state index contributed by atoms with van der Waals surface area (Å²) in [4.78, 5) is 24.5. The lowest BCUT2D eigenvalue weighted by Gasteiger charge is -2.25. The molecule has 3 N–H and O–H groups in total. The van der Waals surface area contributed by atoms with E-state index >= 15 is 0 Å². The van der Waals surface area contributed by atoms with Crippen LogP contribution < -0.4 is 11.1 Å². The summed E-state index contributed by atoms with van der Waals surface area (Å²) in [5.74, 6) is 0.219. The summed E-state index contributed by atoms with van der Waals surface area (Å²) >= 11 is 0. The van der Waals surface area contributed by atoms with Crippen molar-refractivity contribution >= 4 is 11.9 Å². The van der Waals surface area contributed by atoms with Gasteiger partial charge in [0.25, 0.3) is 0 Å². The molecule has 0 saturated carbocycles. The van der Waals surface area contributed by atoms with E-state index in [2.05, 4.69) is 31.3 Å². The Morgan fingerprint density at radius 2 is 2.00 bits per heavy atom. The highest BCUT2D eigenvalue weighted by Gasteiger charge is 2.41. The zero-order chi connectivity index (χ0) is 14.8. The first-order valence-electron chi connectivity index (χ1n) is 6.76. The summed E-state index contributed by atoms with van der Waals surface area (Å²) in [6.45, 7) is 5.66. The second kappa shape index (κ2) is 5.53. The van der Waals surface area contributed by atoms with Crippen molar-refractivity contribution in [2.45, 2.75) is 19.8 Å². The first-order chi connectivity index (χ1) is 9.40. The molecular weight excluding hydrogens is 254 g/mol. The predicted molar refractivity (Wildman–Crippen MR) is 77.1 cm³/mol. The monoisotopic (exact) mass is 275 g/mol. The van der Waals surface area contributed by atoms with Crippen LogP contribution in [-0.4, -0.2) is 36.5 Å². The topological polar surface area (TPSA) is 75.4 Å². The Morgan fingerprint density at radius 3 is 2.60 bits per heavy atom. The Balaban J connectivity index is 2.07. The molecule has 2 rings (SSSR count). The molecule has 108 valence electrons. The van der Waals surface area contributed by atoms with E-state index in [9.17, 15) is 9.59 Å². The van der Waals surface area contributed by atoms with Crippen molar-refractivity contribution in [3.8, 4) is 0 Å². The lowest BCUT2D eigenvalue weighted by Crippen LogP contribution is -2.41. The van der Waals surface area contributed by atoms with Crippen LogP contribution in [-0.2, 0) is 4.79 Å². The molecule has 1 aromatic carbocycles. The lowest BCUT2D eigenvalue weighted by molar-refractivity contribution is -0.129. The predicted octanol–water partition coefficient (Wildman–Crippen LogP) is 1.31. The van der Waals surface area contributed by atoms with Gasteiger partial charge >= 0.3 is 6.03 Å². The fraction of sp³-hybridized carbons (Fsp3) is 0.467. The Morgan fingerprint density at radius 1 is 1.35 bits per heavy atom. The number of nitrogens with one attached hydrogen (secondary N) is 1. The molecule has 0 spiro atoms. The van der Waals surface area contributed by atoms with Crippen LogP contribution in [0.4, 0.5) is 4.79 Å². The summed E-state index contributed by atoms with van der Waals surface area (Å²) in [6, 6.07) is 9.56. The minimum atomic E-state index is -0.670. The Hall–Kier alpha value is -2.04. The fourth-order valence-corrected chi connectivity index (χ4v) is 2.84. The highest BCUT2D eigenvalue weighted by molar-refractivity contribution is 5.83. The number of amides is 3. The number of carbonyl (C=O) groups excluding carboxylic acids is 2. The molecule has 1 fully saturated rings. The maximum Gasteiger partial charge on any atom is 0.312 e. The quantitative estimate of drug-likeness (QED) is 0.872. The van der Waals surface area contributed by atoms with Crippen LogP contribution in [0.3, 0.4) is 0 Å². The number of hydrogen-bond donors (Lipinski definition) is 2. The number of primary amides is 1. The summed E-state index contributed by atoms with van der Waals surface area (Å²) in [6.07, 6.45) is 0. The molecule has 0 aliphatic carbocycles. The summed E-state index contributed by atoms with van der Waals surface area (Å²) in [5.41, 5.74) is 6.25. The van der Waals surface area contributed by atoms with Crippen molar-refractivity contribution in [3.05, 3.63) is 35.9 Å². The van der Waals surface area contributed by atoms with Crippen LogP contribution in [0.15, 0.2) is 30.3 Å². The van der Waals surface area contributed by atoms with E-state index in [-0.39, 0.29) is 17.9 Å². The van der Waals surface area contributed by atoms with Crippen LogP contribution in [0.5, 0.6) is 0 Å². The number of nitrogens with zero attached hydrogens (tertiary/aromatic N) is 1. The summed E-state index contributed by atoms with van der Waals surface area (Å²) in [7, 11) is 0. The van der Waals surface area contributed by atoms with Crippen LogP contribution in [0.25, 0.3) is 0 Å². The van der Waals surface area contributed by atoms with Crippen molar-refractivity contribution < 1.29 is 9.59 Å². The van der Waals surface area contributed by atoms with Gasteiger partial charge in [0.1, 0.15) is 0 Å². The van der Waals surface area contributed by atoms with Crippen molar-refractivity contribution in [3.63, 3.8) is 0 Å². The highest BCUT2D eigenvalue weighted by atomic mass is 16.2. The molecule has 5 nitrogen and oxygen atoms in total. The largest absolute Gasteiger partial charge is 0.352 e. The minimum Gasteiger partial charge on any atom is -0.352 e. The van der Waals surface area contributed by atoms with Crippen molar-refractivity contribution in [2.24, 2.45) is 11.1 Å². The van der Waals surface area contributed by atoms with Gasteiger partial charge in [-0.15, -0.1) is 0 Å². The molecule has 0 unspecified atom stereocenters. The third-order valence-electron chi connectivity index (χ3n) is 3.91. The third-order valence-corrected chi connectivity index (χ3v) is 3.91.